The van der Waals surface area contributed by atoms with E-state index in [0.29, 0.717) is 13.2 Å². The maximum atomic E-state index is 14.1. The molecule has 1 atom stereocenters. The van der Waals surface area contributed by atoms with E-state index in [9.17, 15) is 4.57 Å². The minimum Gasteiger partial charge on any atom is -0.376 e. The second-order valence-electron chi connectivity index (χ2n) is 5.56. The van der Waals surface area contributed by atoms with Crippen molar-refractivity contribution in [3.8, 4) is 0 Å². The molecule has 0 N–H and O–H groups in total. The van der Waals surface area contributed by atoms with Crippen LogP contribution in [0.3, 0.4) is 0 Å². The zero-order chi connectivity index (χ0) is 15.4. The third-order valence-corrected chi connectivity index (χ3v) is 7.34. The van der Waals surface area contributed by atoms with E-state index >= 15 is 0 Å². The highest BCUT2D eigenvalue weighted by Crippen LogP contribution is 2.48. The zero-order valence-electron chi connectivity index (χ0n) is 12.9. The lowest BCUT2D eigenvalue weighted by molar-refractivity contribution is -0.00275. The van der Waals surface area contributed by atoms with Gasteiger partial charge in [0.05, 0.1) is 12.7 Å². The van der Waals surface area contributed by atoms with Crippen molar-refractivity contribution >= 4 is 17.9 Å². The Kier molecular flexibility index (Phi) is 4.77. The Hall–Kier alpha value is -1.41. The van der Waals surface area contributed by atoms with Crippen LogP contribution >= 0.6 is 7.29 Å². The van der Waals surface area contributed by atoms with E-state index in [4.69, 9.17) is 4.74 Å². The fraction of sp³-hybridized carbons (Fsp3) is 0.333. The summed E-state index contributed by atoms with van der Waals surface area (Å²) in [4.78, 5) is 0. The van der Waals surface area contributed by atoms with Crippen LogP contribution in [0.2, 0.25) is 0 Å². The van der Waals surface area contributed by atoms with E-state index in [2.05, 4.69) is 11.6 Å². The first-order chi connectivity index (χ1) is 10.7. The number of hydrogen-bond acceptors (Lipinski definition) is 2. The Morgan fingerprint density at radius 2 is 1.59 bits per heavy atom. The molecule has 4 heteroatoms. The summed E-state index contributed by atoms with van der Waals surface area (Å²) >= 11 is 0. The maximum absolute atomic E-state index is 14.1. The van der Waals surface area contributed by atoms with E-state index in [1.54, 1.807) is 0 Å². The molecule has 1 aliphatic heterocycles. The Morgan fingerprint density at radius 1 is 1.05 bits per heavy atom. The topological polar surface area (TPSA) is 29.5 Å². The van der Waals surface area contributed by atoms with Crippen LogP contribution in [0.1, 0.15) is 13.3 Å². The number of ether oxygens (including phenoxy) is 1. The Labute approximate surface area is 132 Å². The van der Waals surface area contributed by atoms with Crippen molar-refractivity contribution < 1.29 is 9.30 Å². The molecule has 2 aromatic rings. The van der Waals surface area contributed by atoms with Crippen molar-refractivity contribution in [1.29, 1.82) is 0 Å². The van der Waals surface area contributed by atoms with Gasteiger partial charge in [0, 0.05) is 23.7 Å². The van der Waals surface area contributed by atoms with Crippen LogP contribution in [-0.2, 0) is 9.30 Å². The van der Waals surface area contributed by atoms with Crippen molar-refractivity contribution in [1.82, 2.24) is 4.67 Å². The molecule has 3 rings (SSSR count). The predicted octanol–water partition coefficient (Wildman–Crippen LogP) is 3.03. The summed E-state index contributed by atoms with van der Waals surface area (Å²) in [7, 11) is -2.80. The summed E-state index contributed by atoms with van der Waals surface area (Å²) in [6, 6.07) is 19.7. The highest BCUT2D eigenvalue weighted by molar-refractivity contribution is 7.76. The van der Waals surface area contributed by atoms with Crippen molar-refractivity contribution in [2.75, 3.05) is 19.7 Å². The van der Waals surface area contributed by atoms with Crippen molar-refractivity contribution in [2.24, 2.45) is 0 Å². The first kappa shape index (κ1) is 15.5. The van der Waals surface area contributed by atoms with Crippen LogP contribution in [0.4, 0.5) is 0 Å². The smallest absolute Gasteiger partial charge is 0.207 e. The van der Waals surface area contributed by atoms with E-state index < -0.39 is 7.29 Å². The molecule has 1 fully saturated rings. The molecule has 0 saturated carbocycles. The molecule has 0 aromatic heterocycles. The van der Waals surface area contributed by atoms with Gasteiger partial charge in [0.25, 0.3) is 0 Å². The summed E-state index contributed by atoms with van der Waals surface area (Å²) in [6.45, 7) is 4.18. The molecule has 0 radical (unpaired) electrons. The van der Waals surface area contributed by atoms with Crippen LogP contribution in [0.25, 0.3) is 0 Å². The van der Waals surface area contributed by atoms with Crippen LogP contribution in [0.15, 0.2) is 60.7 Å². The summed E-state index contributed by atoms with van der Waals surface area (Å²) in [5.74, 6) is 0. The molecule has 0 spiro atoms. The van der Waals surface area contributed by atoms with Gasteiger partial charge in [0.1, 0.15) is 0 Å². The van der Waals surface area contributed by atoms with Gasteiger partial charge in [-0.2, -0.15) is 0 Å². The second kappa shape index (κ2) is 6.78. The number of rotatable bonds is 4. The maximum Gasteiger partial charge on any atom is 0.207 e. The fourth-order valence-corrected chi connectivity index (χ4v) is 5.82. The predicted molar refractivity (Wildman–Crippen MR) is 91.4 cm³/mol. The van der Waals surface area contributed by atoms with Gasteiger partial charge in [0.15, 0.2) is 0 Å². The zero-order valence-corrected chi connectivity index (χ0v) is 13.8. The highest BCUT2D eigenvalue weighted by Gasteiger charge is 2.37. The number of benzene rings is 2. The lowest BCUT2D eigenvalue weighted by atomic mass is 10.2. The van der Waals surface area contributed by atoms with Gasteiger partial charge in [-0.1, -0.05) is 43.3 Å². The third-order valence-electron chi connectivity index (χ3n) is 4.18. The molecule has 0 amide bonds. The molecule has 1 saturated heterocycles. The minimum atomic E-state index is -2.80. The monoisotopic (exact) mass is 315 g/mol. The van der Waals surface area contributed by atoms with E-state index in [0.717, 1.165) is 23.6 Å². The van der Waals surface area contributed by atoms with Crippen LogP contribution < -0.4 is 10.6 Å². The molecule has 1 unspecified atom stereocenters. The van der Waals surface area contributed by atoms with Gasteiger partial charge < -0.3 is 4.74 Å². The molecular weight excluding hydrogens is 293 g/mol. The molecule has 22 heavy (non-hydrogen) atoms. The molecular formula is C18H22NO2P. The molecule has 3 nitrogen and oxygen atoms in total. The van der Waals surface area contributed by atoms with Gasteiger partial charge in [-0.15, -0.1) is 0 Å². The SMILES string of the molecule is CCC1CN(P(=O)(c2ccccc2)c2ccccc2)CCO1. The first-order valence-electron chi connectivity index (χ1n) is 7.83. The summed E-state index contributed by atoms with van der Waals surface area (Å²) in [6.07, 6.45) is 1.11. The first-order valence-corrected chi connectivity index (χ1v) is 9.49. The number of morpholine rings is 1. The van der Waals surface area contributed by atoms with Crippen molar-refractivity contribution in [3.63, 3.8) is 0 Å². The van der Waals surface area contributed by atoms with Crippen LogP contribution in [0, 0.1) is 0 Å². The van der Waals surface area contributed by atoms with Crippen LogP contribution in [0.5, 0.6) is 0 Å². The van der Waals surface area contributed by atoms with Gasteiger partial charge in [-0.25, -0.2) is 4.67 Å². The van der Waals surface area contributed by atoms with Gasteiger partial charge in [-0.3, -0.25) is 4.57 Å². The molecule has 116 valence electrons. The third kappa shape index (κ3) is 2.89. The highest BCUT2D eigenvalue weighted by atomic mass is 31.2. The fourth-order valence-electron chi connectivity index (χ4n) is 2.94. The standard InChI is InChI=1S/C18H22NO2P/c1-2-16-15-19(13-14-21-16)22(20,17-9-5-3-6-10-17)18-11-7-4-8-12-18/h3-12,16H,2,13-15H2,1H3. The largest absolute Gasteiger partial charge is 0.376 e. The quantitative estimate of drug-likeness (QED) is 0.812. The lowest BCUT2D eigenvalue weighted by Gasteiger charge is -2.38. The normalized spacial score (nSPS) is 20.0. The molecule has 2 aromatic carbocycles. The van der Waals surface area contributed by atoms with Gasteiger partial charge >= 0.3 is 0 Å². The molecule has 0 aliphatic carbocycles. The average molecular weight is 315 g/mol. The number of nitrogens with zero attached hydrogens (tertiary/aromatic N) is 1. The van der Waals surface area contributed by atoms with E-state index in [1.807, 2.05) is 60.7 Å². The van der Waals surface area contributed by atoms with Crippen molar-refractivity contribution in [3.05, 3.63) is 60.7 Å². The summed E-state index contributed by atoms with van der Waals surface area (Å²) in [5, 5.41) is 1.80. The summed E-state index contributed by atoms with van der Waals surface area (Å²) < 4.78 is 22.0. The Balaban J connectivity index is 2.06. The Bertz CT molecular complexity index is 601. The second-order valence-corrected chi connectivity index (χ2v) is 8.31. The summed E-state index contributed by atoms with van der Waals surface area (Å²) in [5.41, 5.74) is 0. The number of hydrogen-bond donors (Lipinski definition) is 0. The van der Waals surface area contributed by atoms with Gasteiger partial charge in [0.2, 0.25) is 7.29 Å². The molecule has 0 bridgehead atoms. The molecule has 1 aliphatic rings. The minimum absolute atomic E-state index is 0.162. The average Bonchev–Trinajstić information content (AvgIpc) is 2.62. The van der Waals surface area contributed by atoms with E-state index in [1.165, 1.54) is 0 Å². The lowest BCUT2D eigenvalue weighted by Crippen LogP contribution is -2.44. The Morgan fingerprint density at radius 3 is 2.09 bits per heavy atom. The van der Waals surface area contributed by atoms with Gasteiger partial charge in [-0.05, 0) is 30.7 Å². The van der Waals surface area contributed by atoms with Crippen molar-refractivity contribution in [2.45, 2.75) is 19.4 Å². The van der Waals surface area contributed by atoms with E-state index in [-0.39, 0.29) is 6.10 Å². The van der Waals surface area contributed by atoms with Crippen LogP contribution in [-0.4, -0.2) is 30.5 Å². The molecule has 1 heterocycles.